The van der Waals surface area contributed by atoms with Gasteiger partial charge < -0.3 is 10.1 Å². The molecule has 6 heteroatoms. The summed E-state index contributed by atoms with van der Waals surface area (Å²) >= 11 is 5.34. The van der Waals surface area contributed by atoms with E-state index in [1.807, 2.05) is 0 Å². The minimum absolute atomic E-state index is 0.0462. The zero-order valence-corrected chi connectivity index (χ0v) is 9.88. The molecule has 0 radical (unpaired) electrons. The van der Waals surface area contributed by atoms with Gasteiger partial charge in [-0.2, -0.15) is 8.78 Å². The third-order valence-corrected chi connectivity index (χ3v) is 2.34. The van der Waals surface area contributed by atoms with E-state index in [4.69, 9.17) is 11.6 Å². The Hall–Kier alpha value is -1.36. The van der Waals surface area contributed by atoms with E-state index in [1.165, 1.54) is 6.07 Å². The zero-order valence-electron chi connectivity index (χ0n) is 9.12. The van der Waals surface area contributed by atoms with Crippen LogP contribution in [0.5, 0.6) is 5.75 Å². The molecule has 0 spiro atoms. The van der Waals surface area contributed by atoms with Crippen LogP contribution in [0.15, 0.2) is 24.3 Å². The molecule has 0 aliphatic rings. The maximum Gasteiger partial charge on any atom is 0.387 e. The summed E-state index contributed by atoms with van der Waals surface area (Å²) in [4.78, 5) is 11.1. The summed E-state index contributed by atoms with van der Waals surface area (Å²) < 4.78 is 28.7. The Labute approximate surface area is 103 Å². The van der Waals surface area contributed by atoms with Crippen LogP contribution in [0, 0.1) is 0 Å². The number of amides is 1. The van der Waals surface area contributed by atoms with Crippen LogP contribution in [0.3, 0.4) is 0 Å². The zero-order chi connectivity index (χ0) is 12.8. The van der Waals surface area contributed by atoms with Crippen LogP contribution < -0.4 is 10.1 Å². The molecule has 0 aromatic heterocycles. The fourth-order valence-electron chi connectivity index (χ4n) is 1.40. The summed E-state index contributed by atoms with van der Waals surface area (Å²) in [6, 6.07) is 5.84. The Morgan fingerprint density at radius 1 is 1.47 bits per heavy atom. The number of carbonyl (C=O) groups excluding carboxylic acids is 1. The Kier molecular flexibility index (Phi) is 5.15. The second kappa shape index (κ2) is 6.39. The molecule has 1 aromatic carbocycles. The molecule has 1 rings (SSSR count). The molecule has 3 nitrogen and oxygen atoms in total. The molecule has 0 bridgehead atoms. The van der Waals surface area contributed by atoms with E-state index >= 15 is 0 Å². The molecule has 0 heterocycles. The standard InChI is InChI=1S/C11H12ClF2NO2/c1-7(15-10(16)6-12)8-4-2-3-5-9(8)17-11(13)14/h2-5,7,11H,6H2,1H3,(H,15,16). The van der Waals surface area contributed by atoms with Crippen LogP contribution >= 0.6 is 11.6 Å². The highest BCUT2D eigenvalue weighted by molar-refractivity contribution is 6.27. The van der Waals surface area contributed by atoms with E-state index in [0.717, 1.165) is 0 Å². The predicted molar refractivity (Wildman–Crippen MR) is 60.4 cm³/mol. The highest BCUT2D eigenvalue weighted by Crippen LogP contribution is 2.26. The Morgan fingerprint density at radius 3 is 2.71 bits per heavy atom. The molecule has 0 saturated heterocycles. The third-order valence-electron chi connectivity index (χ3n) is 2.10. The Bertz CT molecular complexity index is 387. The molecule has 0 aliphatic carbocycles. The first-order valence-corrected chi connectivity index (χ1v) is 5.47. The van der Waals surface area contributed by atoms with E-state index in [1.54, 1.807) is 25.1 Å². The molecule has 1 unspecified atom stereocenters. The lowest BCUT2D eigenvalue weighted by Crippen LogP contribution is -2.28. The van der Waals surface area contributed by atoms with E-state index in [9.17, 15) is 13.6 Å². The van der Waals surface area contributed by atoms with Crippen molar-refractivity contribution >= 4 is 17.5 Å². The Morgan fingerprint density at radius 2 is 2.12 bits per heavy atom. The van der Waals surface area contributed by atoms with Crippen molar-refractivity contribution in [1.82, 2.24) is 5.32 Å². The van der Waals surface area contributed by atoms with Crippen LogP contribution in [-0.4, -0.2) is 18.4 Å². The number of ether oxygens (including phenoxy) is 1. The molecule has 0 fully saturated rings. The number of hydrogen-bond acceptors (Lipinski definition) is 2. The van der Waals surface area contributed by atoms with E-state index in [0.29, 0.717) is 5.56 Å². The largest absolute Gasteiger partial charge is 0.434 e. The fraction of sp³-hybridized carbons (Fsp3) is 0.364. The third kappa shape index (κ3) is 4.19. The SMILES string of the molecule is CC(NC(=O)CCl)c1ccccc1OC(F)F. The molecule has 1 atom stereocenters. The number of hydrogen-bond donors (Lipinski definition) is 1. The van der Waals surface area contributed by atoms with Crippen molar-refractivity contribution in [3.8, 4) is 5.75 Å². The molecule has 1 amide bonds. The van der Waals surface area contributed by atoms with Gasteiger partial charge in [-0.05, 0) is 13.0 Å². The van der Waals surface area contributed by atoms with Crippen LogP contribution in [0.25, 0.3) is 0 Å². The summed E-state index contributed by atoms with van der Waals surface area (Å²) in [5, 5.41) is 2.56. The molecular weight excluding hydrogens is 252 g/mol. The minimum Gasteiger partial charge on any atom is -0.434 e. The molecule has 0 saturated carbocycles. The van der Waals surface area contributed by atoms with Gasteiger partial charge in [0.1, 0.15) is 11.6 Å². The second-order valence-electron chi connectivity index (χ2n) is 3.34. The summed E-state index contributed by atoms with van der Waals surface area (Å²) in [6.07, 6.45) is 0. The summed E-state index contributed by atoms with van der Waals surface area (Å²) in [7, 11) is 0. The lowest BCUT2D eigenvalue weighted by molar-refractivity contribution is -0.119. The summed E-state index contributed by atoms with van der Waals surface area (Å²) in [6.45, 7) is -1.23. The van der Waals surface area contributed by atoms with Crippen molar-refractivity contribution in [2.45, 2.75) is 19.6 Å². The molecule has 0 aliphatic heterocycles. The second-order valence-corrected chi connectivity index (χ2v) is 3.61. The first kappa shape index (κ1) is 13.7. The molecular formula is C11H12ClF2NO2. The van der Waals surface area contributed by atoms with Gasteiger partial charge >= 0.3 is 6.61 Å². The van der Waals surface area contributed by atoms with Gasteiger partial charge in [0.15, 0.2) is 0 Å². The van der Waals surface area contributed by atoms with Crippen LogP contribution in [0.1, 0.15) is 18.5 Å². The highest BCUT2D eigenvalue weighted by atomic mass is 35.5. The lowest BCUT2D eigenvalue weighted by atomic mass is 10.1. The van der Waals surface area contributed by atoms with Gasteiger partial charge in [0, 0.05) is 5.56 Å². The summed E-state index contributed by atoms with van der Waals surface area (Å²) in [5.41, 5.74) is 0.478. The average Bonchev–Trinajstić information content (AvgIpc) is 2.28. The normalized spacial score (nSPS) is 12.3. The fourth-order valence-corrected chi connectivity index (χ4v) is 1.48. The number of para-hydroxylation sites is 1. The quantitative estimate of drug-likeness (QED) is 0.830. The van der Waals surface area contributed by atoms with Crippen molar-refractivity contribution < 1.29 is 18.3 Å². The van der Waals surface area contributed by atoms with Gasteiger partial charge in [0.25, 0.3) is 0 Å². The maximum absolute atomic E-state index is 12.2. The minimum atomic E-state index is -2.90. The lowest BCUT2D eigenvalue weighted by Gasteiger charge is -2.17. The molecule has 1 N–H and O–H groups in total. The van der Waals surface area contributed by atoms with Crippen LogP contribution in [0.2, 0.25) is 0 Å². The molecule has 94 valence electrons. The number of halogens is 3. The van der Waals surface area contributed by atoms with Crippen molar-refractivity contribution in [2.75, 3.05) is 5.88 Å². The van der Waals surface area contributed by atoms with E-state index < -0.39 is 12.7 Å². The van der Waals surface area contributed by atoms with Gasteiger partial charge in [0.2, 0.25) is 5.91 Å². The van der Waals surface area contributed by atoms with E-state index in [2.05, 4.69) is 10.1 Å². The van der Waals surface area contributed by atoms with Crippen molar-refractivity contribution in [3.63, 3.8) is 0 Å². The number of benzene rings is 1. The molecule has 1 aromatic rings. The van der Waals surface area contributed by atoms with Crippen LogP contribution in [-0.2, 0) is 4.79 Å². The first-order valence-electron chi connectivity index (χ1n) is 4.93. The van der Waals surface area contributed by atoms with Crippen molar-refractivity contribution in [1.29, 1.82) is 0 Å². The number of rotatable bonds is 5. The number of nitrogens with one attached hydrogen (secondary N) is 1. The molecule has 17 heavy (non-hydrogen) atoms. The maximum atomic E-state index is 12.2. The summed E-state index contributed by atoms with van der Waals surface area (Å²) in [5.74, 6) is -0.502. The van der Waals surface area contributed by atoms with Gasteiger partial charge in [-0.15, -0.1) is 11.6 Å². The first-order chi connectivity index (χ1) is 8.04. The van der Waals surface area contributed by atoms with Gasteiger partial charge in [-0.3, -0.25) is 4.79 Å². The van der Waals surface area contributed by atoms with Crippen molar-refractivity contribution in [3.05, 3.63) is 29.8 Å². The van der Waals surface area contributed by atoms with Gasteiger partial charge in [-0.25, -0.2) is 0 Å². The van der Waals surface area contributed by atoms with E-state index in [-0.39, 0.29) is 17.5 Å². The number of alkyl halides is 3. The topological polar surface area (TPSA) is 38.3 Å². The monoisotopic (exact) mass is 263 g/mol. The Balaban J connectivity index is 2.84. The van der Waals surface area contributed by atoms with Gasteiger partial charge in [0.05, 0.1) is 6.04 Å². The van der Waals surface area contributed by atoms with Gasteiger partial charge in [-0.1, -0.05) is 18.2 Å². The highest BCUT2D eigenvalue weighted by Gasteiger charge is 2.15. The van der Waals surface area contributed by atoms with Crippen molar-refractivity contribution in [2.24, 2.45) is 0 Å². The average molecular weight is 264 g/mol. The number of carbonyl (C=O) groups is 1. The smallest absolute Gasteiger partial charge is 0.387 e. The van der Waals surface area contributed by atoms with Crippen LogP contribution in [0.4, 0.5) is 8.78 Å². The predicted octanol–water partition coefficient (Wildman–Crippen LogP) is 2.70.